The predicted molar refractivity (Wildman–Crippen MR) is 81.5 cm³/mol. The van der Waals surface area contributed by atoms with Crippen molar-refractivity contribution in [1.82, 2.24) is 20.0 Å². The van der Waals surface area contributed by atoms with Crippen molar-refractivity contribution in [3.05, 3.63) is 39.0 Å². The smallest absolute Gasteiger partial charge is 0.291 e. The summed E-state index contributed by atoms with van der Waals surface area (Å²) in [7, 11) is 0. The molecule has 2 aromatic heterocycles. The maximum absolute atomic E-state index is 12.4. The minimum atomic E-state index is -0.157. The summed E-state index contributed by atoms with van der Waals surface area (Å²) in [6, 6.07) is 0. The van der Waals surface area contributed by atoms with Crippen molar-refractivity contribution in [3.63, 3.8) is 0 Å². The fraction of sp³-hybridized carbons (Fsp3) is 0.500. The Bertz CT molecular complexity index is 689. The summed E-state index contributed by atoms with van der Waals surface area (Å²) in [5.74, 6) is 0.570. The maximum Gasteiger partial charge on any atom is 0.291 e. The molecule has 0 aromatic carbocycles. The molecule has 21 heavy (non-hydrogen) atoms. The lowest BCUT2D eigenvalue weighted by Crippen LogP contribution is -2.30. The van der Waals surface area contributed by atoms with Crippen molar-refractivity contribution in [2.75, 3.05) is 5.32 Å². The minimum absolute atomic E-state index is 0.157. The van der Waals surface area contributed by atoms with Crippen molar-refractivity contribution in [3.8, 4) is 0 Å². The van der Waals surface area contributed by atoms with E-state index in [4.69, 9.17) is 11.6 Å². The molecule has 0 spiro atoms. The van der Waals surface area contributed by atoms with Crippen LogP contribution in [0.2, 0.25) is 5.02 Å². The fourth-order valence-corrected chi connectivity index (χ4v) is 2.61. The van der Waals surface area contributed by atoms with Gasteiger partial charge in [0.2, 0.25) is 0 Å². The molecule has 0 radical (unpaired) electrons. The second kappa shape index (κ2) is 5.89. The molecular weight excluding hydrogens is 290 g/mol. The van der Waals surface area contributed by atoms with Gasteiger partial charge in [0.15, 0.2) is 0 Å². The van der Waals surface area contributed by atoms with Gasteiger partial charge < -0.3 is 5.32 Å². The van der Waals surface area contributed by atoms with E-state index < -0.39 is 0 Å². The number of nitrogens with one attached hydrogen (secondary N) is 2. The second-order valence-electron chi connectivity index (χ2n) is 5.53. The normalized spacial score (nSPS) is 15.0. The number of aromatic amines is 1. The first-order valence-corrected chi connectivity index (χ1v) is 7.51. The van der Waals surface area contributed by atoms with Gasteiger partial charge in [-0.3, -0.25) is 9.89 Å². The molecule has 1 aliphatic rings. The van der Waals surface area contributed by atoms with Gasteiger partial charge in [0.25, 0.3) is 5.56 Å². The Hall–Kier alpha value is -1.82. The van der Waals surface area contributed by atoms with Crippen LogP contribution < -0.4 is 10.9 Å². The first-order chi connectivity index (χ1) is 10.1. The number of aryl methyl sites for hydroxylation is 1. The Balaban J connectivity index is 1.78. The molecule has 0 unspecified atom stereocenters. The first kappa shape index (κ1) is 14.1. The second-order valence-corrected chi connectivity index (χ2v) is 5.93. The van der Waals surface area contributed by atoms with Crippen molar-refractivity contribution in [2.45, 2.75) is 39.3 Å². The summed E-state index contributed by atoms with van der Waals surface area (Å²) in [5, 5.41) is 14.4. The van der Waals surface area contributed by atoms with Crippen molar-refractivity contribution in [1.29, 1.82) is 0 Å². The van der Waals surface area contributed by atoms with Gasteiger partial charge in [0.1, 0.15) is 5.69 Å². The highest BCUT2D eigenvalue weighted by Crippen LogP contribution is 2.27. The molecule has 6 nitrogen and oxygen atoms in total. The number of hydrogen-bond donors (Lipinski definition) is 2. The van der Waals surface area contributed by atoms with E-state index in [1.165, 1.54) is 30.1 Å². The quantitative estimate of drug-likeness (QED) is 0.889. The zero-order valence-corrected chi connectivity index (χ0v) is 12.7. The summed E-state index contributed by atoms with van der Waals surface area (Å²) in [6.45, 7) is 3.12. The topological polar surface area (TPSA) is 75.6 Å². The van der Waals surface area contributed by atoms with E-state index >= 15 is 0 Å². The van der Waals surface area contributed by atoms with E-state index in [1.54, 1.807) is 6.20 Å². The molecule has 0 bridgehead atoms. The number of H-pyrrole nitrogens is 1. The van der Waals surface area contributed by atoms with Crippen LogP contribution in [0, 0.1) is 12.8 Å². The third-order valence-electron chi connectivity index (χ3n) is 4.04. The Labute approximate surface area is 127 Å². The number of aromatic nitrogens is 4. The molecule has 0 saturated heterocycles. The lowest BCUT2D eigenvalue weighted by atomic mass is 9.85. The van der Waals surface area contributed by atoms with Crippen molar-refractivity contribution in [2.24, 2.45) is 5.92 Å². The fourth-order valence-electron chi connectivity index (χ4n) is 2.42. The molecule has 3 rings (SSSR count). The molecule has 1 aliphatic carbocycles. The van der Waals surface area contributed by atoms with Crippen molar-refractivity contribution >= 4 is 17.3 Å². The Morgan fingerprint density at radius 2 is 2.29 bits per heavy atom. The zero-order chi connectivity index (χ0) is 14.8. The van der Waals surface area contributed by atoms with Gasteiger partial charge in [0, 0.05) is 24.3 Å². The molecule has 112 valence electrons. The summed E-state index contributed by atoms with van der Waals surface area (Å²) in [4.78, 5) is 12.4. The number of nitrogens with zero attached hydrogens (tertiary/aromatic N) is 3. The van der Waals surface area contributed by atoms with Gasteiger partial charge >= 0.3 is 0 Å². The van der Waals surface area contributed by atoms with E-state index in [0.717, 1.165) is 11.3 Å². The minimum Gasteiger partial charge on any atom is -0.375 e. The van der Waals surface area contributed by atoms with Crippen LogP contribution in [0.25, 0.3) is 0 Å². The van der Waals surface area contributed by atoms with Crippen LogP contribution in [0.4, 0.5) is 5.69 Å². The van der Waals surface area contributed by atoms with E-state index in [0.29, 0.717) is 29.7 Å². The van der Waals surface area contributed by atoms with Gasteiger partial charge in [-0.1, -0.05) is 18.0 Å². The highest BCUT2D eigenvalue weighted by atomic mass is 35.5. The van der Waals surface area contributed by atoms with Gasteiger partial charge in [-0.25, -0.2) is 4.68 Å². The monoisotopic (exact) mass is 307 g/mol. The largest absolute Gasteiger partial charge is 0.375 e. The summed E-state index contributed by atoms with van der Waals surface area (Å²) >= 11 is 6.10. The van der Waals surface area contributed by atoms with Gasteiger partial charge in [0.05, 0.1) is 17.4 Å². The van der Waals surface area contributed by atoms with E-state index in [9.17, 15) is 4.79 Å². The van der Waals surface area contributed by atoms with Crippen molar-refractivity contribution < 1.29 is 0 Å². The van der Waals surface area contributed by atoms with Crippen LogP contribution in [0.5, 0.6) is 0 Å². The Morgan fingerprint density at radius 3 is 2.90 bits per heavy atom. The molecule has 2 heterocycles. The molecule has 2 aromatic rings. The lowest BCUT2D eigenvalue weighted by Gasteiger charge is -2.25. The number of hydrogen-bond acceptors (Lipinski definition) is 4. The third-order valence-corrected chi connectivity index (χ3v) is 4.33. The van der Waals surface area contributed by atoms with Gasteiger partial charge in [-0.2, -0.15) is 10.2 Å². The number of rotatable bonds is 5. The van der Waals surface area contributed by atoms with E-state index in [-0.39, 0.29) is 5.56 Å². The summed E-state index contributed by atoms with van der Waals surface area (Å²) in [5.41, 5.74) is 2.23. The van der Waals surface area contributed by atoms with Gasteiger partial charge in [-0.15, -0.1) is 0 Å². The zero-order valence-electron chi connectivity index (χ0n) is 11.9. The SMILES string of the molecule is Cc1[nH]ncc1CNc1c(Cl)cnn(CC2CCC2)c1=O. The van der Waals surface area contributed by atoms with Crippen LogP contribution in [-0.2, 0) is 13.1 Å². The molecule has 1 fully saturated rings. The molecule has 0 atom stereocenters. The van der Waals surface area contributed by atoms with E-state index in [2.05, 4.69) is 20.6 Å². The molecule has 0 aliphatic heterocycles. The number of anilines is 1. The lowest BCUT2D eigenvalue weighted by molar-refractivity contribution is 0.262. The molecule has 7 heteroatoms. The predicted octanol–water partition coefficient (Wildman–Crippen LogP) is 2.34. The van der Waals surface area contributed by atoms with Crippen LogP contribution in [0.15, 0.2) is 17.2 Å². The van der Waals surface area contributed by atoms with E-state index in [1.807, 2.05) is 6.92 Å². The third kappa shape index (κ3) is 2.95. The average Bonchev–Trinajstić information content (AvgIpc) is 2.81. The van der Waals surface area contributed by atoms with Crippen LogP contribution in [0.1, 0.15) is 30.5 Å². The summed E-state index contributed by atoms with van der Waals surface area (Å²) in [6.07, 6.45) is 6.87. The Kier molecular flexibility index (Phi) is 3.96. The summed E-state index contributed by atoms with van der Waals surface area (Å²) < 4.78 is 1.51. The Morgan fingerprint density at radius 1 is 1.48 bits per heavy atom. The first-order valence-electron chi connectivity index (χ1n) is 7.13. The highest BCUT2D eigenvalue weighted by Gasteiger charge is 2.20. The molecular formula is C14H18ClN5O. The molecule has 1 saturated carbocycles. The maximum atomic E-state index is 12.4. The average molecular weight is 308 g/mol. The van der Waals surface area contributed by atoms with Crippen LogP contribution in [-0.4, -0.2) is 20.0 Å². The standard InChI is InChI=1S/C14H18ClN5O/c1-9-11(6-17-19-9)5-16-13-12(15)7-18-20(14(13)21)8-10-3-2-4-10/h6-7,10,16H,2-5,8H2,1H3,(H,17,19). The molecule has 0 amide bonds. The highest BCUT2D eigenvalue weighted by molar-refractivity contribution is 6.32. The number of halogens is 1. The van der Waals surface area contributed by atoms with Crippen LogP contribution >= 0.6 is 11.6 Å². The van der Waals surface area contributed by atoms with Crippen LogP contribution in [0.3, 0.4) is 0 Å². The molecule has 2 N–H and O–H groups in total. The van der Waals surface area contributed by atoms with Gasteiger partial charge in [-0.05, 0) is 25.7 Å².